The molecule has 0 radical (unpaired) electrons. The van der Waals surface area contributed by atoms with Gasteiger partial charge in [-0.1, -0.05) is 11.6 Å². The highest BCUT2D eigenvalue weighted by molar-refractivity contribution is 6.33. The van der Waals surface area contributed by atoms with Crippen LogP contribution in [0.25, 0.3) is 0 Å². The fourth-order valence-electron chi connectivity index (χ4n) is 1.99. The number of aromatic hydroxyl groups is 2. The maximum atomic E-state index is 11.2. The molecule has 0 aliphatic carbocycles. The fourth-order valence-corrected chi connectivity index (χ4v) is 2.16. The normalized spacial score (nSPS) is 11.9. The van der Waals surface area contributed by atoms with Crippen molar-refractivity contribution in [2.45, 2.75) is 13.0 Å². The van der Waals surface area contributed by atoms with Gasteiger partial charge < -0.3 is 21.3 Å². The smallest absolute Gasteiger partial charge is 0.248 e. The third-order valence-corrected chi connectivity index (χ3v) is 3.43. The minimum absolute atomic E-state index is 0.0495. The Morgan fingerprint density at radius 1 is 1.24 bits per heavy atom. The third-order valence-electron chi connectivity index (χ3n) is 3.10. The van der Waals surface area contributed by atoms with Crippen molar-refractivity contribution in [2.75, 3.05) is 5.32 Å². The van der Waals surface area contributed by atoms with Gasteiger partial charge in [-0.3, -0.25) is 4.79 Å². The van der Waals surface area contributed by atoms with Gasteiger partial charge in [0, 0.05) is 11.1 Å². The molecule has 0 saturated heterocycles. The Balaban J connectivity index is 2.31. The zero-order valence-electron chi connectivity index (χ0n) is 11.3. The van der Waals surface area contributed by atoms with Gasteiger partial charge in [0.2, 0.25) is 5.91 Å². The number of nitrogens with two attached hydrogens (primary N) is 1. The minimum atomic E-state index is -0.553. The van der Waals surface area contributed by atoms with Crippen LogP contribution >= 0.6 is 11.6 Å². The molecule has 0 aliphatic heterocycles. The number of halogens is 1. The number of nitrogens with one attached hydrogen (secondary N) is 1. The van der Waals surface area contributed by atoms with Gasteiger partial charge in [0.05, 0.1) is 16.8 Å². The number of hydrogen-bond acceptors (Lipinski definition) is 4. The Morgan fingerprint density at radius 2 is 1.95 bits per heavy atom. The lowest BCUT2D eigenvalue weighted by molar-refractivity contribution is 0.100. The quantitative estimate of drug-likeness (QED) is 0.653. The van der Waals surface area contributed by atoms with Gasteiger partial charge in [-0.15, -0.1) is 0 Å². The van der Waals surface area contributed by atoms with Crippen LogP contribution in [0.2, 0.25) is 5.02 Å². The molecule has 2 aromatic rings. The number of carbonyl (C=O) groups excluding carboxylic acids is 1. The molecule has 1 unspecified atom stereocenters. The van der Waals surface area contributed by atoms with E-state index in [0.29, 0.717) is 21.8 Å². The monoisotopic (exact) mass is 306 g/mol. The van der Waals surface area contributed by atoms with Crippen molar-refractivity contribution < 1.29 is 15.0 Å². The van der Waals surface area contributed by atoms with Crippen molar-refractivity contribution >= 4 is 23.2 Å². The predicted molar refractivity (Wildman–Crippen MR) is 81.8 cm³/mol. The molecule has 0 bridgehead atoms. The van der Waals surface area contributed by atoms with E-state index >= 15 is 0 Å². The van der Waals surface area contributed by atoms with Gasteiger partial charge in [-0.2, -0.15) is 0 Å². The van der Waals surface area contributed by atoms with Crippen LogP contribution in [-0.4, -0.2) is 16.1 Å². The van der Waals surface area contributed by atoms with E-state index < -0.39 is 5.91 Å². The zero-order chi connectivity index (χ0) is 15.6. The molecule has 0 fully saturated rings. The Hall–Kier alpha value is -2.40. The van der Waals surface area contributed by atoms with Crippen molar-refractivity contribution in [1.29, 1.82) is 0 Å². The second-order valence-corrected chi connectivity index (χ2v) is 5.08. The van der Waals surface area contributed by atoms with E-state index in [4.69, 9.17) is 17.3 Å². The van der Waals surface area contributed by atoms with E-state index in [9.17, 15) is 15.0 Å². The number of primary amides is 1. The minimum Gasteiger partial charge on any atom is -0.508 e. The number of rotatable bonds is 4. The fraction of sp³-hybridized carbons (Fsp3) is 0.133. The van der Waals surface area contributed by atoms with E-state index in [1.807, 2.05) is 0 Å². The molecular formula is C15H15ClN2O3. The van der Waals surface area contributed by atoms with Gasteiger partial charge in [0.15, 0.2) is 0 Å². The number of benzene rings is 2. The lowest BCUT2D eigenvalue weighted by atomic mass is 10.1. The maximum absolute atomic E-state index is 11.2. The summed E-state index contributed by atoms with van der Waals surface area (Å²) in [6.45, 7) is 1.79. The Morgan fingerprint density at radius 3 is 2.62 bits per heavy atom. The molecule has 0 heterocycles. The number of anilines is 1. The molecule has 21 heavy (non-hydrogen) atoms. The molecule has 1 amide bonds. The molecule has 1 atom stereocenters. The molecular weight excluding hydrogens is 292 g/mol. The number of phenolic OH excluding ortho intramolecular Hbond substituents is 2. The zero-order valence-corrected chi connectivity index (χ0v) is 12.1. The third kappa shape index (κ3) is 3.38. The molecule has 0 saturated carbocycles. The first kappa shape index (κ1) is 15.0. The van der Waals surface area contributed by atoms with Gasteiger partial charge >= 0.3 is 0 Å². The largest absolute Gasteiger partial charge is 0.508 e. The van der Waals surface area contributed by atoms with Gasteiger partial charge in [0.25, 0.3) is 0 Å². The number of amides is 1. The summed E-state index contributed by atoms with van der Waals surface area (Å²) in [7, 11) is 0. The van der Waals surface area contributed by atoms with Gasteiger partial charge in [-0.05, 0) is 43.3 Å². The molecule has 5 N–H and O–H groups in total. The topological polar surface area (TPSA) is 95.6 Å². The second-order valence-electron chi connectivity index (χ2n) is 4.67. The van der Waals surface area contributed by atoms with E-state index in [1.54, 1.807) is 19.1 Å². The molecule has 0 aromatic heterocycles. The van der Waals surface area contributed by atoms with Crippen molar-refractivity contribution in [3.05, 3.63) is 52.5 Å². The number of phenols is 2. The molecule has 6 heteroatoms. The summed E-state index contributed by atoms with van der Waals surface area (Å²) in [4.78, 5) is 11.2. The van der Waals surface area contributed by atoms with Crippen molar-refractivity contribution in [2.24, 2.45) is 5.73 Å². The molecule has 2 aromatic carbocycles. The Bertz CT molecular complexity index is 689. The summed E-state index contributed by atoms with van der Waals surface area (Å²) in [5, 5.41) is 22.8. The molecule has 110 valence electrons. The average molecular weight is 307 g/mol. The van der Waals surface area contributed by atoms with Crippen LogP contribution in [0.15, 0.2) is 36.4 Å². The SMILES string of the molecule is CC(Nc1cc(C(N)=O)ccc1Cl)c1cc(O)ccc1O. The van der Waals surface area contributed by atoms with Crippen LogP contribution in [0.5, 0.6) is 11.5 Å². The van der Waals surface area contributed by atoms with Crippen LogP contribution < -0.4 is 11.1 Å². The maximum Gasteiger partial charge on any atom is 0.248 e. The first-order valence-electron chi connectivity index (χ1n) is 6.26. The van der Waals surface area contributed by atoms with Crippen LogP contribution in [-0.2, 0) is 0 Å². The summed E-state index contributed by atoms with van der Waals surface area (Å²) >= 11 is 6.08. The average Bonchev–Trinajstić information content (AvgIpc) is 2.43. The van der Waals surface area contributed by atoms with E-state index in [-0.39, 0.29) is 17.5 Å². The summed E-state index contributed by atoms with van der Waals surface area (Å²) in [5.41, 5.74) is 6.59. The number of carbonyl (C=O) groups is 1. The first-order chi connectivity index (χ1) is 9.88. The Labute approximate surface area is 127 Å². The lowest BCUT2D eigenvalue weighted by Gasteiger charge is -2.18. The summed E-state index contributed by atoms with van der Waals surface area (Å²) < 4.78 is 0. The van der Waals surface area contributed by atoms with E-state index in [1.165, 1.54) is 24.3 Å². The van der Waals surface area contributed by atoms with Gasteiger partial charge in [0.1, 0.15) is 11.5 Å². The predicted octanol–water partition coefficient (Wildman–Crippen LogP) is 3.02. The first-order valence-corrected chi connectivity index (χ1v) is 6.64. The highest BCUT2D eigenvalue weighted by Gasteiger charge is 2.14. The molecule has 0 aliphatic rings. The summed E-state index contributed by atoms with van der Waals surface area (Å²) in [6.07, 6.45) is 0. The van der Waals surface area contributed by atoms with Crippen LogP contribution in [0.1, 0.15) is 28.9 Å². The highest BCUT2D eigenvalue weighted by atomic mass is 35.5. The van der Waals surface area contributed by atoms with Crippen LogP contribution in [0, 0.1) is 0 Å². The number of hydrogen-bond donors (Lipinski definition) is 4. The molecule has 5 nitrogen and oxygen atoms in total. The van der Waals surface area contributed by atoms with Crippen LogP contribution in [0.4, 0.5) is 5.69 Å². The highest BCUT2D eigenvalue weighted by Crippen LogP contribution is 2.32. The standard InChI is InChI=1S/C15H15ClN2O3/c1-8(11-7-10(19)3-5-14(11)20)18-13-6-9(15(17)21)2-4-12(13)16/h2-8,18-20H,1H3,(H2,17,21). The second kappa shape index (κ2) is 5.93. The van der Waals surface area contributed by atoms with E-state index in [0.717, 1.165) is 0 Å². The summed E-state index contributed by atoms with van der Waals surface area (Å²) in [6, 6.07) is 8.57. The summed E-state index contributed by atoms with van der Waals surface area (Å²) in [5.74, 6) is -0.453. The molecule has 2 rings (SSSR count). The van der Waals surface area contributed by atoms with Crippen LogP contribution in [0.3, 0.4) is 0 Å². The van der Waals surface area contributed by atoms with Crippen molar-refractivity contribution in [1.82, 2.24) is 0 Å². The van der Waals surface area contributed by atoms with Gasteiger partial charge in [-0.25, -0.2) is 0 Å². The Kier molecular flexibility index (Phi) is 4.23. The van der Waals surface area contributed by atoms with E-state index in [2.05, 4.69) is 5.32 Å². The molecule has 0 spiro atoms. The van der Waals surface area contributed by atoms with Crippen molar-refractivity contribution in [3.8, 4) is 11.5 Å². The lowest BCUT2D eigenvalue weighted by Crippen LogP contribution is -2.12. The van der Waals surface area contributed by atoms with Crippen molar-refractivity contribution in [3.63, 3.8) is 0 Å².